The Balaban J connectivity index is 1.68. The number of carbonyl (C=O) groups excluding carboxylic acids is 1. The number of hydrogen-bond acceptors (Lipinski definition) is 4. The van der Waals surface area contributed by atoms with Crippen molar-refractivity contribution in [2.75, 3.05) is 7.11 Å². The fraction of sp³-hybridized carbons (Fsp3) is 0.167. The second kappa shape index (κ2) is 8.45. The molecule has 4 aromatic rings. The Morgan fingerprint density at radius 1 is 1.00 bits per heavy atom. The summed E-state index contributed by atoms with van der Waals surface area (Å²) in [6.07, 6.45) is 2.14. The summed E-state index contributed by atoms with van der Waals surface area (Å²) in [5.74, 6) is -0.332. The van der Waals surface area contributed by atoms with Gasteiger partial charge in [-0.2, -0.15) is 0 Å². The molecule has 0 amide bonds. The van der Waals surface area contributed by atoms with E-state index < -0.39 is 0 Å². The summed E-state index contributed by atoms with van der Waals surface area (Å²) in [5.41, 5.74) is 2.69. The highest BCUT2D eigenvalue weighted by atomic mass is 32.1. The highest BCUT2D eigenvalue weighted by molar-refractivity contribution is 7.09. The van der Waals surface area contributed by atoms with Crippen molar-refractivity contribution in [1.82, 2.24) is 4.57 Å². The largest absolute Gasteiger partial charge is 0.465 e. The van der Waals surface area contributed by atoms with E-state index in [4.69, 9.17) is 9.73 Å². The number of carbonyl (C=O) groups is 1. The molecule has 0 aliphatic rings. The standard InChI is InChI=1S/C24H22N2O2S/c1-17-15-26(16-20-11-7-10-18-8-3-5-12-21(18)20)24(29-17)25-14-19-9-4-6-13-22(19)23(27)28-2/h3-13,15H,14,16H2,1-2H3/b25-24-. The first kappa shape index (κ1) is 19.2. The van der Waals surface area contributed by atoms with Gasteiger partial charge in [0, 0.05) is 11.1 Å². The van der Waals surface area contributed by atoms with Crippen LogP contribution in [0.3, 0.4) is 0 Å². The van der Waals surface area contributed by atoms with Gasteiger partial charge in [0.05, 0.1) is 25.8 Å². The Morgan fingerprint density at radius 3 is 2.59 bits per heavy atom. The van der Waals surface area contributed by atoms with E-state index in [1.54, 1.807) is 17.4 Å². The van der Waals surface area contributed by atoms with Gasteiger partial charge in [-0.15, -0.1) is 11.3 Å². The van der Waals surface area contributed by atoms with Gasteiger partial charge in [-0.3, -0.25) is 4.99 Å². The van der Waals surface area contributed by atoms with E-state index in [1.165, 1.54) is 28.3 Å². The average molecular weight is 403 g/mol. The maximum absolute atomic E-state index is 12.0. The number of nitrogens with zero attached hydrogens (tertiary/aromatic N) is 2. The van der Waals surface area contributed by atoms with Crippen molar-refractivity contribution in [2.45, 2.75) is 20.0 Å². The monoisotopic (exact) mass is 402 g/mol. The molecule has 1 aromatic heterocycles. The van der Waals surface area contributed by atoms with Gasteiger partial charge in [0.1, 0.15) is 0 Å². The summed E-state index contributed by atoms with van der Waals surface area (Å²) >= 11 is 1.66. The molecule has 0 saturated carbocycles. The fourth-order valence-corrected chi connectivity index (χ4v) is 4.31. The summed E-state index contributed by atoms with van der Waals surface area (Å²) in [6.45, 7) is 3.27. The van der Waals surface area contributed by atoms with Crippen LogP contribution < -0.4 is 4.80 Å². The molecule has 0 radical (unpaired) electrons. The van der Waals surface area contributed by atoms with Gasteiger partial charge in [0.25, 0.3) is 0 Å². The molecule has 0 aliphatic heterocycles. The van der Waals surface area contributed by atoms with Crippen LogP contribution in [0.4, 0.5) is 0 Å². The molecule has 4 nitrogen and oxygen atoms in total. The smallest absolute Gasteiger partial charge is 0.338 e. The normalized spacial score (nSPS) is 11.7. The number of rotatable bonds is 5. The van der Waals surface area contributed by atoms with Crippen LogP contribution in [-0.2, 0) is 17.8 Å². The molecule has 1 heterocycles. The lowest BCUT2D eigenvalue weighted by molar-refractivity contribution is 0.0599. The van der Waals surface area contributed by atoms with Gasteiger partial charge in [-0.25, -0.2) is 4.79 Å². The number of thiazole rings is 1. The lowest BCUT2D eigenvalue weighted by Crippen LogP contribution is -2.15. The second-order valence-electron chi connectivity index (χ2n) is 6.86. The summed E-state index contributed by atoms with van der Waals surface area (Å²) in [7, 11) is 1.40. The first-order valence-electron chi connectivity index (χ1n) is 9.46. The van der Waals surface area contributed by atoms with Crippen molar-refractivity contribution in [3.8, 4) is 0 Å². The summed E-state index contributed by atoms with van der Waals surface area (Å²) in [5, 5.41) is 2.50. The van der Waals surface area contributed by atoms with E-state index in [9.17, 15) is 4.79 Å². The van der Waals surface area contributed by atoms with E-state index in [2.05, 4.69) is 60.2 Å². The van der Waals surface area contributed by atoms with Gasteiger partial charge >= 0.3 is 5.97 Å². The molecule has 5 heteroatoms. The van der Waals surface area contributed by atoms with Crippen molar-refractivity contribution in [2.24, 2.45) is 4.99 Å². The van der Waals surface area contributed by atoms with Crippen LogP contribution in [-0.4, -0.2) is 17.6 Å². The highest BCUT2D eigenvalue weighted by Gasteiger charge is 2.10. The number of aromatic nitrogens is 1. The number of aryl methyl sites for hydroxylation is 1. The Morgan fingerprint density at radius 2 is 1.72 bits per heavy atom. The Kier molecular flexibility index (Phi) is 5.58. The van der Waals surface area contributed by atoms with Crippen molar-refractivity contribution < 1.29 is 9.53 Å². The predicted octanol–water partition coefficient (Wildman–Crippen LogP) is 4.95. The molecular formula is C24H22N2O2S. The SMILES string of the molecule is COC(=O)c1ccccc1C/N=c1\sc(C)cn1Cc1cccc2ccccc12. The summed E-state index contributed by atoms with van der Waals surface area (Å²) < 4.78 is 7.08. The number of ether oxygens (including phenoxy) is 1. The van der Waals surface area contributed by atoms with E-state index in [0.29, 0.717) is 12.1 Å². The van der Waals surface area contributed by atoms with Crippen molar-refractivity contribution in [3.05, 3.63) is 99.3 Å². The Labute approximate surface area is 173 Å². The van der Waals surface area contributed by atoms with E-state index in [-0.39, 0.29) is 5.97 Å². The molecule has 0 N–H and O–H groups in total. The van der Waals surface area contributed by atoms with Crippen LogP contribution in [0.5, 0.6) is 0 Å². The van der Waals surface area contributed by atoms with Crippen LogP contribution in [0.2, 0.25) is 0 Å². The molecule has 0 bridgehead atoms. The minimum atomic E-state index is -0.332. The van der Waals surface area contributed by atoms with E-state index in [0.717, 1.165) is 16.9 Å². The molecule has 0 fully saturated rings. The van der Waals surface area contributed by atoms with E-state index in [1.807, 2.05) is 18.2 Å². The first-order valence-corrected chi connectivity index (χ1v) is 10.3. The zero-order chi connectivity index (χ0) is 20.2. The topological polar surface area (TPSA) is 43.6 Å². The van der Waals surface area contributed by atoms with Gasteiger partial charge in [-0.05, 0) is 34.9 Å². The molecule has 4 rings (SSSR count). The maximum Gasteiger partial charge on any atom is 0.338 e. The van der Waals surface area contributed by atoms with Gasteiger partial charge in [-0.1, -0.05) is 60.7 Å². The minimum Gasteiger partial charge on any atom is -0.465 e. The number of methoxy groups -OCH3 is 1. The van der Waals surface area contributed by atoms with Gasteiger partial charge < -0.3 is 9.30 Å². The van der Waals surface area contributed by atoms with Crippen molar-refractivity contribution >= 4 is 28.1 Å². The number of benzene rings is 3. The average Bonchev–Trinajstić information content (AvgIpc) is 3.11. The molecule has 29 heavy (non-hydrogen) atoms. The first-order chi connectivity index (χ1) is 14.2. The minimum absolute atomic E-state index is 0.332. The molecule has 0 aliphatic carbocycles. The third-order valence-electron chi connectivity index (χ3n) is 4.86. The Hall–Kier alpha value is -3.18. The molecule has 0 unspecified atom stereocenters. The summed E-state index contributed by atoms with van der Waals surface area (Å²) in [4.78, 5) is 19.0. The lowest BCUT2D eigenvalue weighted by atomic mass is 10.0. The number of hydrogen-bond donors (Lipinski definition) is 0. The van der Waals surface area contributed by atoms with Crippen LogP contribution in [0.1, 0.15) is 26.4 Å². The molecule has 0 saturated heterocycles. The Bertz CT molecular complexity index is 1230. The summed E-state index contributed by atoms with van der Waals surface area (Å²) in [6, 6.07) is 22.3. The van der Waals surface area contributed by atoms with Crippen LogP contribution in [0.15, 0.2) is 77.9 Å². The zero-order valence-electron chi connectivity index (χ0n) is 16.5. The lowest BCUT2D eigenvalue weighted by Gasteiger charge is -2.08. The molecule has 3 aromatic carbocycles. The van der Waals surface area contributed by atoms with E-state index >= 15 is 0 Å². The zero-order valence-corrected chi connectivity index (χ0v) is 17.3. The highest BCUT2D eigenvalue weighted by Crippen LogP contribution is 2.19. The predicted molar refractivity (Wildman–Crippen MR) is 117 cm³/mol. The maximum atomic E-state index is 12.0. The third-order valence-corrected chi connectivity index (χ3v) is 5.84. The molecular weight excluding hydrogens is 380 g/mol. The van der Waals surface area contributed by atoms with Gasteiger partial charge in [0.15, 0.2) is 4.80 Å². The number of esters is 1. The van der Waals surface area contributed by atoms with Crippen LogP contribution in [0.25, 0.3) is 10.8 Å². The van der Waals surface area contributed by atoms with Crippen molar-refractivity contribution in [3.63, 3.8) is 0 Å². The van der Waals surface area contributed by atoms with Crippen LogP contribution in [0, 0.1) is 6.92 Å². The second-order valence-corrected chi connectivity index (χ2v) is 8.07. The molecule has 146 valence electrons. The quantitative estimate of drug-likeness (QED) is 0.444. The molecule has 0 spiro atoms. The fourth-order valence-electron chi connectivity index (χ4n) is 3.47. The van der Waals surface area contributed by atoms with Crippen LogP contribution >= 0.6 is 11.3 Å². The third kappa shape index (κ3) is 4.15. The van der Waals surface area contributed by atoms with Gasteiger partial charge in [0.2, 0.25) is 0 Å². The number of fused-ring (bicyclic) bond motifs is 1. The van der Waals surface area contributed by atoms with Crippen molar-refractivity contribution in [1.29, 1.82) is 0 Å². The molecule has 0 atom stereocenters.